The van der Waals surface area contributed by atoms with E-state index in [0.29, 0.717) is 11.8 Å². The molecule has 0 radical (unpaired) electrons. The van der Waals surface area contributed by atoms with Crippen LogP contribution in [0.15, 0.2) is 0 Å². The van der Waals surface area contributed by atoms with Gasteiger partial charge in [0.1, 0.15) is 0 Å². The van der Waals surface area contributed by atoms with Crippen LogP contribution in [0, 0.1) is 17.8 Å². The van der Waals surface area contributed by atoms with Crippen molar-refractivity contribution in [2.45, 2.75) is 51.0 Å². The second kappa shape index (κ2) is 4.97. The number of rotatable bonds is 8. The van der Waals surface area contributed by atoms with Gasteiger partial charge in [0.2, 0.25) is 5.91 Å². The van der Waals surface area contributed by atoms with Crippen LogP contribution in [0.25, 0.3) is 0 Å². The maximum atomic E-state index is 12.1. The highest BCUT2D eigenvalue weighted by molar-refractivity contribution is 5.79. The Morgan fingerprint density at radius 1 is 1.00 bits per heavy atom. The van der Waals surface area contributed by atoms with Crippen LogP contribution in [-0.4, -0.2) is 25.0 Å². The zero-order valence-electron chi connectivity index (χ0n) is 10.6. The van der Waals surface area contributed by atoms with Gasteiger partial charge >= 0.3 is 0 Å². The van der Waals surface area contributed by atoms with Crippen LogP contribution in [-0.2, 0) is 4.79 Å². The Balaban J connectivity index is 1.31. The molecule has 3 saturated carbocycles. The molecule has 96 valence electrons. The Labute approximate surface area is 104 Å². The van der Waals surface area contributed by atoms with Crippen molar-refractivity contribution in [2.75, 3.05) is 13.1 Å². The molecule has 0 aromatic rings. The third-order valence-electron chi connectivity index (χ3n) is 4.23. The first-order valence-electron chi connectivity index (χ1n) is 7.35. The maximum absolute atomic E-state index is 12.1. The summed E-state index contributed by atoms with van der Waals surface area (Å²) in [5, 5.41) is 6.62. The minimum Gasteiger partial charge on any atom is -0.356 e. The summed E-state index contributed by atoms with van der Waals surface area (Å²) in [6.07, 6.45) is 8.92. The summed E-state index contributed by atoms with van der Waals surface area (Å²) < 4.78 is 0. The molecule has 3 rings (SSSR count). The van der Waals surface area contributed by atoms with Crippen molar-refractivity contribution in [1.82, 2.24) is 10.6 Å². The zero-order valence-corrected chi connectivity index (χ0v) is 10.6. The maximum Gasteiger partial charge on any atom is 0.223 e. The molecule has 3 aliphatic rings. The van der Waals surface area contributed by atoms with Gasteiger partial charge in [-0.3, -0.25) is 4.79 Å². The first-order chi connectivity index (χ1) is 8.34. The third-order valence-corrected chi connectivity index (χ3v) is 4.23. The van der Waals surface area contributed by atoms with Crippen molar-refractivity contribution in [1.29, 1.82) is 0 Å². The number of carbonyl (C=O) groups excluding carboxylic acids is 1. The highest BCUT2D eigenvalue weighted by atomic mass is 16.1. The standard InChI is InChI=1S/C14H24N2O/c17-14(13(10-2-3-10)11-4-5-11)16-9-1-8-15-12-6-7-12/h10-13,15H,1-9H2,(H,16,17). The Morgan fingerprint density at radius 2 is 1.65 bits per heavy atom. The summed E-state index contributed by atoms with van der Waals surface area (Å²) in [4.78, 5) is 12.1. The van der Waals surface area contributed by atoms with E-state index in [1.165, 1.54) is 38.5 Å². The summed E-state index contributed by atoms with van der Waals surface area (Å²) in [6.45, 7) is 1.91. The lowest BCUT2D eigenvalue weighted by atomic mass is 9.97. The lowest BCUT2D eigenvalue weighted by Gasteiger charge is -2.15. The Hall–Kier alpha value is -0.570. The average molecular weight is 236 g/mol. The van der Waals surface area contributed by atoms with Crippen LogP contribution in [0.3, 0.4) is 0 Å². The van der Waals surface area contributed by atoms with Gasteiger partial charge in [-0.1, -0.05) is 0 Å². The first-order valence-corrected chi connectivity index (χ1v) is 7.35. The molecule has 0 bridgehead atoms. The second-order valence-electron chi connectivity index (χ2n) is 6.07. The number of amides is 1. The third kappa shape index (κ3) is 3.44. The predicted octanol–water partition coefficient (Wildman–Crippen LogP) is 1.68. The molecule has 3 nitrogen and oxygen atoms in total. The van der Waals surface area contributed by atoms with Gasteiger partial charge in [-0.2, -0.15) is 0 Å². The summed E-state index contributed by atoms with van der Waals surface area (Å²) in [6, 6.07) is 0.788. The molecule has 0 unspecified atom stereocenters. The SMILES string of the molecule is O=C(NCCCNC1CC1)C(C1CC1)C1CC1. The van der Waals surface area contributed by atoms with Crippen molar-refractivity contribution in [2.24, 2.45) is 17.8 Å². The molecule has 3 heteroatoms. The topological polar surface area (TPSA) is 41.1 Å². The van der Waals surface area contributed by atoms with E-state index in [9.17, 15) is 4.79 Å². The van der Waals surface area contributed by atoms with E-state index in [1.54, 1.807) is 0 Å². The number of hydrogen-bond acceptors (Lipinski definition) is 2. The van der Waals surface area contributed by atoms with Crippen LogP contribution in [0.4, 0.5) is 0 Å². The molecular formula is C14H24N2O. The van der Waals surface area contributed by atoms with E-state index in [1.807, 2.05) is 0 Å². The highest BCUT2D eigenvalue weighted by Crippen LogP contribution is 2.49. The van der Waals surface area contributed by atoms with E-state index >= 15 is 0 Å². The summed E-state index contributed by atoms with van der Waals surface area (Å²) in [5.74, 6) is 2.17. The summed E-state index contributed by atoms with van der Waals surface area (Å²) >= 11 is 0. The van der Waals surface area contributed by atoms with Gasteiger partial charge in [-0.15, -0.1) is 0 Å². The van der Waals surface area contributed by atoms with Crippen LogP contribution >= 0.6 is 0 Å². The molecule has 3 aliphatic carbocycles. The van der Waals surface area contributed by atoms with Gasteiger partial charge in [0.15, 0.2) is 0 Å². The largest absolute Gasteiger partial charge is 0.356 e. The van der Waals surface area contributed by atoms with E-state index in [2.05, 4.69) is 10.6 Å². The van der Waals surface area contributed by atoms with E-state index in [0.717, 1.165) is 37.4 Å². The lowest BCUT2D eigenvalue weighted by Crippen LogP contribution is -2.35. The summed E-state index contributed by atoms with van der Waals surface area (Å²) in [7, 11) is 0. The van der Waals surface area contributed by atoms with Crippen LogP contribution in [0.2, 0.25) is 0 Å². The van der Waals surface area contributed by atoms with Crippen molar-refractivity contribution in [3.8, 4) is 0 Å². The normalized spacial score (nSPS) is 24.1. The fourth-order valence-electron chi connectivity index (χ4n) is 2.74. The van der Waals surface area contributed by atoms with Crippen molar-refractivity contribution in [3.05, 3.63) is 0 Å². The molecule has 0 aromatic carbocycles. The van der Waals surface area contributed by atoms with Gasteiger partial charge in [0, 0.05) is 18.5 Å². The van der Waals surface area contributed by atoms with Gasteiger partial charge < -0.3 is 10.6 Å². The van der Waals surface area contributed by atoms with Gasteiger partial charge in [-0.25, -0.2) is 0 Å². The minimum absolute atomic E-state index is 0.349. The van der Waals surface area contributed by atoms with Gasteiger partial charge in [0.05, 0.1) is 0 Å². The first kappa shape index (κ1) is 11.5. The highest BCUT2D eigenvalue weighted by Gasteiger charge is 2.45. The van der Waals surface area contributed by atoms with Crippen LogP contribution in [0.1, 0.15) is 44.9 Å². The van der Waals surface area contributed by atoms with Crippen LogP contribution < -0.4 is 10.6 Å². The quantitative estimate of drug-likeness (QED) is 0.630. The van der Waals surface area contributed by atoms with Crippen molar-refractivity contribution >= 4 is 5.91 Å². The van der Waals surface area contributed by atoms with Crippen molar-refractivity contribution < 1.29 is 4.79 Å². The van der Waals surface area contributed by atoms with E-state index < -0.39 is 0 Å². The zero-order chi connectivity index (χ0) is 11.7. The average Bonchev–Trinajstić information content (AvgIpc) is 3.12. The smallest absolute Gasteiger partial charge is 0.223 e. The fraction of sp³-hybridized carbons (Fsp3) is 0.929. The molecule has 3 fully saturated rings. The fourth-order valence-corrected chi connectivity index (χ4v) is 2.74. The molecule has 0 spiro atoms. The Bertz CT molecular complexity index is 268. The molecular weight excluding hydrogens is 212 g/mol. The van der Waals surface area contributed by atoms with E-state index in [4.69, 9.17) is 0 Å². The van der Waals surface area contributed by atoms with Crippen LogP contribution in [0.5, 0.6) is 0 Å². The van der Waals surface area contributed by atoms with Gasteiger partial charge in [-0.05, 0) is 63.3 Å². The summed E-state index contributed by atoms with van der Waals surface area (Å²) in [5.41, 5.74) is 0. The number of hydrogen-bond donors (Lipinski definition) is 2. The minimum atomic E-state index is 0.349. The lowest BCUT2D eigenvalue weighted by molar-refractivity contribution is -0.126. The van der Waals surface area contributed by atoms with Gasteiger partial charge in [0.25, 0.3) is 0 Å². The Kier molecular flexibility index (Phi) is 3.37. The molecule has 0 atom stereocenters. The molecule has 0 aromatic heterocycles. The second-order valence-corrected chi connectivity index (χ2v) is 6.07. The van der Waals surface area contributed by atoms with Crippen molar-refractivity contribution in [3.63, 3.8) is 0 Å². The molecule has 2 N–H and O–H groups in total. The molecule has 17 heavy (non-hydrogen) atoms. The monoisotopic (exact) mass is 236 g/mol. The molecule has 0 aliphatic heterocycles. The Morgan fingerprint density at radius 3 is 2.18 bits per heavy atom. The number of carbonyl (C=O) groups is 1. The molecule has 0 saturated heterocycles. The molecule has 1 amide bonds. The van der Waals surface area contributed by atoms with E-state index in [-0.39, 0.29) is 0 Å². The predicted molar refractivity (Wildman–Crippen MR) is 67.6 cm³/mol. The molecule has 0 heterocycles. The number of nitrogens with one attached hydrogen (secondary N) is 2.